The number of Topliss-reactive ketones (excluding diaryl/α,β-unsaturated/α-hetero) is 1. The van der Waals surface area contributed by atoms with Gasteiger partial charge < -0.3 is 15.0 Å². The van der Waals surface area contributed by atoms with Gasteiger partial charge in [0.2, 0.25) is 5.91 Å². The number of anilines is 2. The summed E-state index contributed by atoms with van der Waals surface area (Å²) in [5.41, 5.74) is 1.05. The van der Waals surface area contributed by atoms with Gasteiger partial charge in [-0.15, -0.1) is 0 Å². The molecule has 2 bridgehead atoms. The molecule has 1 aromatic rings. The molecule has 1 aromatic heterocycles. The molecule has 1 saturated heterocycles. The quantitative estimate of drug-likeness (QED) is 0.911. The maximum Gasteiger partial charge on any atom is 0.228 e. The van der Waals surface area contributed by atoms with Crippen LogP contribution in [0.25, 0.3) is 0 Å². The topological polar surface area (TPSA) is 71.5 Å². The Kier molecular flexibility index (Phi) is 4.70. The Hall–Kier alpha value is -1.95. The zero-order valence-electron chi connectivity index (χ0n) is 14.4. The van der Waals surface area contributed by atoms with Gasteiger partial charge in [-0.25, -0.2) is 4.98 Å². The molecule has 1 amide bonds. The van der Waals surface area contributed by atoms with E-state index in [0.29, 0.717) is 24.4 Å². The summed E-state index contributed by atoms with van der Waals surface area (Å²) in [6.07, 6.45) is 6.23. The minimum atomic E-state index is -0.0614. The van der Waals surface area contributed by atoms with Gasteiger partial charge in [-0.2, -0.15) is 0 Å². The molecule has 3 fully saturated rings. The lowest BCUT2D eigenvalue weighted by atomic mass is 9.67. The summed E-state index contributed by atoms with van der Waals surface area (Å²) in [4.78, 5) is 31.4. The molecule has 134 valence electrons. The van der Waals surface area contributed by atoms with Crippen molar-refractivity contribution in [2.24, 2.45) is 17.8 Å². The fraction of sp³-hybridized carbons (Fsp3) is 0.632. The van der Waals surface area contributed by atoms with Gasteiger partial charge in [-0.05, 0) is 37.8 Å². The lowest BCUT2D eigenvalue weighted by molar-refractivity contribution is -0.136. The van der Waals surface area contributed by atoms with Crippen molar-refractivity contribution in [1.29, 1.82) is 0 Å². The van der Waals surface area contributed by atoms with E-state index in [4.69, 9.17) is 4.74 Å². The molecule has 1 N–H and O–H groups in total. The van der Waals surface area contributed by atoms with Crippen molar-refractivity contribution in [2.45, 2.75) is 32.1 Å². The summed E-state index contributed by atoms with van der Waals surface area (Å²) in [5, 5.41) is 2.94. The number of aromatic nitrogens is 1. The maximum atomic E-state index is 12.6. The first-order valence-electron chi connectivity index (χ1n) is 9.34. The molecule has 2 saturated carbocycles. The number of nitrogens with one attached hydrogen (secondary N) is 1. The van der Waals surface area contributed by atoms with E-state index < -0.39 is 0 Å². The van der Waals surface area contributed by atoms with Crippen molar-refractivity contribution >= 4 is 23.2 Å². The van der Waals surface area contributed by atoms with Crippen molar-refractivity contribution < 1.29 is 14.3 Å². The number of rotatable bonds is 3. The highest BCUT2D eigenvalue weighted by molar-refractivity contribution is 5.94. The molecule has 2 aliphatic carbocycles. The average molecular weight is 343 g/mol. The standard InChI is InChI=1S/C19H25N3O3/c23-18-13-2-1-3-14(18)11-15(10-13)19(24)21-17-5-4-16(12-20-17)22-6-8-25-9-7-22/h4-5,12-15H,1-3,6-11H2,(H,20,21,24). The summed E-state index contributed by atoms with van der Waals surface area (Å²) in [6.45, 7) is 3.21. The summed E-state index contributed by atoms with van der Waals surface area (Å²) >= 11 is 0. The number of hydrogen-bond donors (Lipinski definition) is 1. The smallest absolute Gasteiger partial charge is 0.228 e. The monoisotopic (exact) mass is 343 g/mol. The van der Waals surface area contributed by atoms with Crippen molar-refractivity contribution in [1.82, 2.24) is 4.98 Å². The molecule has 0 aromatic carbocycles. The highest BCUT2D eigenvalue weighted by Crippen LogP contribution is 2.40. The number of amides is 1. The van der Waals surface area contributed by atoms with Gasteiger partial charge >= 0.3 is 0 Å². The van der Waals surface area contributed by atoms with Gasteiger partial charge in [0.25, 0.3) is 0 Å². The Labute approximate surface area is 147 Å². The molecule has 3 aliphatic rings. The Morgan fingerprint density at radius 2 is 1.88 bits per heavy atom. The van der Waals surface area contributed by atoms with Crippen molar-refractivity contribution in [3.8, 4) is 0 Å². The van der Waals surface area contributed by atoms with E-state index in [2.05, 4.69) is 15.2 Å². The second-order valence-electron chi connectivity index (χ2n) is 7.39. The minimum absolute atomic E-state index is 0.0102. The van der Waals surface area contributed by atoms with Crippen LogP contribution in [0, 0.1) is 17.8 Å². The Morgan fingerprint density at radius 1 is 1.16 bits per heavy atom. The van der Waals surface area contributed by atoms with Gasteiger partial charge in [-0.3, -0.25) is 9.59 Å². The first kappa shape index (κ1) is 16.5. The molecule has 2 atom stereocenters. The zero-order valence-corrected chi connectivity index (χ0v) is 14.4. The lowest BCUT2D eigenvalue weighted by Gasteiger charge is -2.36. The van der Waals surface area contributed by atoms with E-state index in [1.165, 1.54) is 0 Å². The molecule has 6 heteroatoms. The number of pyridine rings is 1. The third kappa shape index (κ3) is 3.54. The van der Waals surface area contributed by atoms with Crippen LogP contribution in [0.3, 0.4) is 0 Å². The van der Waals surface area contributed by atoms with Crippen molar-refractivity contribution in [2.75, 3.05) is 36.5 Å². The zero-order chi connectivity index (χ0) is 17.2. The Bertz CT molecular complexity index is 624. The molecular weight excluding hydrogens is 318 g/mol. The molecule has 25 heavy (non-hydrogen) atoms. The highest BCUT2D eigenvalue weighted by Gasteiger charge is 2.41. The van der Waals surface area contributed by atoms with Crippen LogP contribution in [0.1, 0.15) is 32.1 Å². The van der Waals surface area contributed by atoms with Crippen LogP contribution in [-0.2, 0) is 14.3 Å². The number of ether oxygens (including phenoxy) is 1. The summed E-state index contributed by atoms with van der Waals surface area (Å²) in [7, 11) is 0. The molecule has 1 aliphatic heterocycles. The second-order valence-corrected chi connectivity index (χ2v) is 7.39. The SMILES string of the molecule is O=C(Nc1ccc(N2CCOCC2)cn1)C1CC2CCCC(C1)C2=O. The van der Waals surface area contributed by atoms with Gasteiger partial charge in [0.15, 0.2) is 0 Å². The van der Waals surface area contributed by atoms with Crippen LogP contribution >= 0.6 is 0 Å². The summed E-state index contributed by atoms with van der Waals surface area (Å²) < 4.78 is 5.36. The van der Waals surface area contributed by atoms with Crippen LogP contribution in [-0.4, -0.2) is 43.0 Å². The number of carbonyl (C=O) groups is 2. The number of ketones is 1. The highest BCUT2D eigenvalue weighted by atomic mass is 16.5. The normalized spacial score (nSPS) is 29.4. The number of morpholine rings is 1. The second kappa shape index (κ2) is 7.12. The van der Waals surface area contributed by atoms with E-state index in [9.17, 15) is 9.59 Å². The van der Waals surface area contributed by atoms with Crippen LogP contribution in [0.15, 0.2) is 18.3 Å². The fourth-order valence-corrected chi connectivity index (χ4v) is 4.39. The van der Waals surface area contributed by atoms with Crippen molar-refractivity contribution in [3.63, 3.8) is 0 Å². The molecule has 4 rings (SSSR count). The fourth-order valence-electron chi connectivity index (χ4n) is 4.39. The Balaban J connectivity index is 1.37. The largest absolute Gasteiger partial charge is 0.378 e. The molecule has 2 unspecified atom stereocenters. The molecular formula is C19H25N3O3. The van der Waals surface area contributed by atoms with Gasteiger partial charge in [0.1, 0.15) is 11.6 Å². The van der Waals surface area contributed by atoms with E-state index in [1.54, 1.807) is 6.20 Å². The van der Waals surface area contributed by atoms with Gasteiger partial charge in [0, 0.05) is 30.8 Å². The van der Waals surface area contributed by atoms with Crippen LogP contribution in [0.5, 0.6) is 0 Å². The summed E-state index contributed by atoms with van der Waals surface area (Å²) in [6, 6.07) is 3.85. The summed E-state index contributed by atoms with van der Waals surface area (Å²) in [5.74, 6) is 1.12. The molecule has 0 spiro atoms. The predicted molar refractivity (Wildman–Crippen MR) is 94.5 cm³/mol. The van der Waals surface area contributed by atoms with Gasteiger partial charge in [0.05, 0.1) is 25.1 Å². The van der Waals surface area contributed by atoms with Crippen LogP contribution < -0.4 is 10.2 Å². The molecule has 0 radical (unpaired) electrons. The third-order valence-corrected chi connectivity index (χ3v) is 5.79. The third-order valence-electron chi connectivity index (χ3n) is 5.79. The maximum absolute atomic E-state index is 12.6. The first-order chi connectivity index (χ1) is 12.2. The average Bonchev–Trinajstić information content (AvgIpc) is 2.63. The van der Waals surface area contributed by atoms with Gasteiger partial charge in [-0.1, -0.05) is 6.42 Å². The molecule has 6 nitrogen and oxygen atoms in total. The van der Waals surface area contributed by atoms with Crippen LogP contribution in [0.2, 0.25) is 0 Å². The van der Waals surface area contributed by atoms with E-state index in [0.717, 1.165) is 51.3 Å². The van der Waals surface area contributed by atoms with E-state index in [1.807, 2.05) is 12.1 Å². The number of hydrogen-bond acceptors (Lipinski definition) is 5. The first-order valence-corrected chi connectivity index (χ1v) is 9.34. The lowest BCUT2D eigenvalue weighted by Crippen LogP contribution is -2.40. The number of nitrogens with zero attached hydrogens (tertiary/aromatic N) is 2. The number of fused-ring (bicyclic) bond motifs is 2. The molecule has 2 heterocycles. The van der Waals surface area contributed by atoms with E-state index >= 15 is 0 Å². The van der Waals surface area contributed by atoms with Crippen LogP contribution in [0.4, 0.5) is 11.5 Å². The number of carbonyl (C=O) groups excluding carboxylic acids is 2. The predicted octanol–water partition coefficient (Wildman–Crippen LogP) is 2.25. The van der Waals surface area contributed by atoms with E-state index in [-0.39, 0.29) is 23.7 Å². The minimum Gasteiger partial charge on any atom is -0.378 e. The Morgan fingerprint density at radius 3 is 2.52 bits per heavy atom. The van der Waals surface area contributed by atoms with Crippen molar-refractivity contribution in [3.05, 3.63) is 18.3 Å².